The standard InChI is InChI=1S/C31H29NS/c1-20(2)25-14-26(21(3)4)16-27(15-25)30-18-28-17-29(32-19-31(28)33-30)24-12-8-11-23(13-24)22-9-6-5-7-10-22/h5-21H,1-4H3. The number of nitrogens with zero attached hydrogens (tertiary/aromatic N) is 1. The minimum absolute atomic E-state index is 0.516. The van der Waals surface area contributed by atoms with Crippen LogP contribution in [-0.4, -0.2) is 4.98 Å². The fourth-order valence-corrected chi connectivity index (χ4v) is 5.22. The van der Waals surface area contributed by atoms with Gasteiger partial charge in [0.2, 0.25) is 0 Å². The molecule has 0 aliphatic carbocycles. The summed E-state index contributed by atoms with van der Waals surface area (Å²) >= 11 is 1.83. The summed E-state index contributed by atoms with van der Waals surface area (Å²) in [5.41, 5.74) is 8.74. The summed E-state index contributed by atoms with van der Waals surface area (Å²) in [6.07, 6.45) is 2.03. The Morgan fingerprint density at radius 3 is 1.97 bits per heavy atom. The molecule has 33 heavy (non-hydrogen) atoms. The highest BCUT2D eigenvalue weighted by atomic mass is 32.1. The topological polar surface area (TPSA) is 12.9 Å². The number of hydrogen-bond acceptors (Lipinski definition) is 2. The minimum Gasteiger partial charge on any atom is -0.255 e. The van der Waals surface area contributed by atoms with E-state index in [1.54, 1.807) is 0 Å². The van der Waals surface area contributed by atoms with Crippen molar-refractivity contribution < 1.29 is 0 Å². The van der Waals surface area contributed by atoms with Gasteiger partial charge < -0.3 is 0 Å². The van der Waals surface area contributed by atoms with E-state index in [0.29, 0.717) is 11.8 Å². The van der Waals surface area contributed by atoms with Gasteiger partial charge in [-0.2, -0.15) is 0 Å². The van der Waals surface area contributed by atoms with Crippen LogP contribution in [0, 0.1) is 0 Å². The molecule has 0 fully saturated rings. The molecular formula is C31H29NS. The van der Waals surface area contributed by atoms with E-state index in [-0.39, 0.29) is 0 Å². The van der Waals surface area contributed by atoms with E-state index in [1.165, 1.54) is 42.8 Å². The van der Waals surface area contributed by atoms with Gasteiger partial charge in [0.05, 0.1) is 10.4 Å². The first kappa shape index (κ1) is 21.6. The lowest BCUT2D eigenvalue weighted by molar-refractivity contribution is 0.835. The second-order valence-corrected chi connectivity index (χ2v) is 10.4. The van der Waals surface area contributed by atoms with Crippen LogP contribution in [0.1, 0.15) is 50.7 Å². The Kier molecular flexibility index (Phi) is 5.86. The molecule has 0 aliphatic heterocycles. The van der Waals surface area contributed by atoms with Gasteiger partial charge >= 0.3 is 0 Å². The fourth-order valence-electron chi connectivity index (χ4n) is 4.22. The van der Waals surface area contributed by atoms with Crippen LogP contribution in [0.2, 0.25) is 0 Å². The summed E-state index contributed by atoms with van der Waals surface area (Å²) in [5.74, 6) is 1.03. The Balaban J connectivity index is 1.54. The maximum Gasteiger partial charge on any atom is 0.0709 e. The minimum atomic E-state index is 0.516. The van der Waals surface area contributed by atoms with Crippen LogP contribution in [0.3, 0.4) is 0 Å². The van der Waals surface area contributed by atoms with Crippen molar-refractivity contribution >= 4 is 21.4 Å². The molecule has 164 valence electrons. The van der Waals surface area contributed by atoms with E-state index in [2.05, 4.69) is 113 Å². The molecule has 3 aromatic carbocycles. The summed E-state index contributed by atoms with van der Waals surface area (Å²) in [4.78, 5) is 6.13. The number of thiophene rings is 1. The molecule has 0 atom stereocenters. The highest BCUT2D eigenvalue weighted by Crippen LogP contribution is 2.37. The average Bonchev–Trinajstić information content (AvgIpc) is 3.28. The summed E-state index contributed by atoms with van der Waals surface area (Å²) < 4.78 is 1.23. The van der Waals surface area contributed by atoms with E-state index in [1.807, 2.05) is 17.5 Å². The molecule has 5 aromatic rings. The lowest BCUT2D eigenvalue weighted by Gasteiger charge is -2.13. The number of pyridine rings is 1. The van der Waals surface area contributed by atoms with Gasteiger partial charge in [-0.15, -0.1) is 11.3 Å². The highest BCUT2D eigenvalue weighted by molar-refractivity contribution is 7.22. The summed E-state index contributed by atoms with van der Waals surface area (Å²) in [7, 11) is 0. The monoisotopic (exact) mass is 447 g/mol. The van der Waals surface area contributed by atoms with Crippen molar-refractivity contribution in [3.8, 4) is 32.8 Å². The largest absolute Gasteiger partial charge is 0.255 e. The molecular weight excluding hydrogens is 418 g/mol. The Hall–Kier alpha value is -3.23. The molecule has 0 saturated carbocycles. The summed E-state index contributed by atoms with van der Waals surface area (Å²) in [6, 6.07) is 30.8. The van der Waals surface area contributed by atoms with Gasteiger partial charge in [0.1, 0.15) is 0 Å². The number of aromatic nitrogens is 1. The Bertz CT molecular complexity index is 1380. The third-order valence-corrected chi connectivity index (χ3v) is 7.40. The van der Waals surface area contributed by atoms with Gasteiger partial charge in [-0.05, 0) is 63.2 Å². The number of rotatable bonds is 5. The van der Waals surface area contributed by atoms with Crippen LogP contribution in [0.25, 0.3) is 42.9 Å². The SMILES string of the molecule is CC(C)c1cc(-c2cc3cc(-c4cccc(-c5ccccc5)c4)ncc3s2)cc(C(C)C)c1. The van der Waals surface area contributed by atoms with Crippen molar-refractivity contribution in [2.45, 2.75) is 39.5 Å². The molecule has 1 nitrogen and oxygen atoms in total. The van der Waals surface area contributed by atoms with Crippen molar-refractivity contribution in [1.29, 1.82) is 0 Å². The van der Waals surface area contributed by atoms with E-state index in [0.717, 1.165) is 11.3 Å². The van der Waals surface area contributed by atoms with Crippen molar-refractivity contribution in [1.82, 2.24) is 4.98 Å². The smallest absolute Gasteiger partial charge is 0.0709 e. The normalized spacial score (nSPS) is 11.6. The summed E-state index contributed by atoms with van der Waals surface area (Å²) in [5, 5.41) is 1.26. The molecule has 0 aliphatic rings. The molecule has 0 unspecified atom stereocenters. The van der Waals surface area contributed by atoms with Gasteiger partial charge in [0, 0.05) is 16.6 Å². The zero-order chi connectivity index (χ0) is 22.9. The molecule has 2 aromatic heterocycles. The predicted molar refractivity (Wildman–Crippen MR) is 144 cm³/mol. The van der Waals surface area contributed by atoms with Gasteiger partial charge in [0.15, 0.2) is 0 Å². The fraction of sp³-hybridized carbons (Fsp3) is 0.194. The molecule has 2 heteroatoms. The van der Waals surface area contributed by atoms with Gasteiger partial charge in [-0.25, -0.2) is 0 Å². The first-order chi connectivity index (χ1) is 16.0. The molecule has 0 bridgehead atoms. The van der Waals surface area contributed by atoms with Crippen LogP contribution < -0.4 is 0 Å². The van der Waals surface area contributed by atoms with Crippen molar-refractivity contribution in [2.24, 2.45) is 0 Å². The predicted octanol–water partition coefficient (Wildman–Crippen LogP) is 9.54. The maximum atomic E-state index is 4.82. The van der Waals surface area contributed by atoms with E-state index in [4.69, 9.17) is 4.98 Å². The van der Waals surface area contributed by atoms with E-state index in [9.17, 15) is 0 Å². The molecule has 0 saturated heterocycles. The molecule has 0 radical (unpaired) electrons. The van der Waals surface area contributed by atoms with E-state index < -0.39 is 0 Å². The zero-order valence-corrected chi connectivity index (χ0v) is 20.5. The maximum absolute atomic E-state index is 4.82. The third-order valence-electron chi connectivity index (χ3n) is 6.27. The van der Waals surface area contributed by atoms with Crippen LogP contribution in [-0.2, 0) is 0 Å². The van der Waals surface area contributed by atoms with Crippen LogP contribution >= 0.6 is 11.3 Å². The number of benzene rings is 3. The first-order valence-corrected chi connectivity index (χ1v) is 12.5. The van der Waals surface area contributed by atoms with E-state index >= 15 is 0 Å². The lowest BCUT2D eigenvalue weighted by atomic mass is 9.92. The molecule has 0 N–H and O–H groups in total. The first-order valence-electron chi connectivity index (χ1n) is 11.7. The van der Waals surface area contributed by atoms with Gasteiger partial charge in [-0.3, -0.25) is 4.98 Å². The quantitative estimate of drug-likeness (QED) is 0.261. The molecule has 5 rings (SSSR count). The van der Waals surface area contributed by atoms with Crippen molar-refractivity contribution in [2.75, 3.05) is 0 Å². The molecule has 0 amide bonds. The second kappa shape index (κ2) is 8.96. The lowest BCUT2D eigenvalue weighted by Crippen LogP contribution is -1.94. The zero-order valence-electron chi connectivity index (χ0n) is 19.7. The Labute approximate surface area is 200 Å². The second-order valence-electron chi connectivity index (χ2n) is 9.36. The molecule has 2 heterocycles. The van der Waals surface area contributed by atoms with Gasteiger partial charge in [0.25, 0.3) is 0 Å². The number of hydrogen-bond donors (Lipinski definition) is 0. The van der Waals surface area contributed by atoms with Crippen molar-refractivity contribution in [3.05, 3.63) is 102 Å². The van der Waals surface area contributed by atoms with Crippen LogP contribution in [0.4, 0.5) is 0 Å². The molecule has 0 spiro atoms. The van der Waals surface area contributed by atoms with Crippen LogP contribution in [0.5, 0.6) is 0 Å². The highest BCUT2D eigenvalue weighted by Gasteiger charge is 2.12. The van der Waals surface area contributed by atoms with Crippen molar-refractivity contribution in [3.63, 3.8) is 0 Å². The average molecular weight is 448 g/mol. The van der Waals surface area contributed by atoms with Crippen LogP contribution in [0.15, 0.2) is 91.1 Å². The third kappa shape index (κ3) is 4.49. The Morgan fingerprint density at radius 1 is 0.606 bits per heavy atom. The summed E-state index contributed by atoms with van der Waals surface area (Å²) in [6.45, 7) is 9.09. The van der Waals surface area contributed by atoms with Gasteiger partial charge in [-0.1, -0.05) is 94.4 Å². The number of fused-ring (bicyclic) bond motifs is 1. The Morgan fingerprint density at radius 2 is 1.27 bits per heavy atom.